The minimum Gasteiger partial charge on any atom is -0.396 e. The van der Waals surface area contributed by atoms with Gasteiger partial charge in [0.2, 0.25) is 0 Å². The van der Waals surface area contributed by atoms with E-state index in [1.54, 1.807) is 0 Å². The number of hydrogen-bond acceptors (Lipinski definition) is 2. The van der Waals surface area contributed by atoms with Gasteiger partial charge in [-0.3, -0.25) is 0 Å². The molecule has 1 atom stereocenters. The quantitative estimate of drug-likeness (QED) is 0.694. The molecule has 0 amide bonds. The maximum atomic E-state index is 9.00. The van der Waals surface area contributed by atoms with Crippen molar-refractivity contribution in [2.45, 2.75) is 32.9 Å². The van der Waals surface area contributed by atoms with Gasteiger partial charge in [0.15, 0.2) is 0 Å². The molecule has 0 aromatic rings. The Balaban J connectivity index is 3.52. The van der Waals surface area contributed by atoms with Gasteiger partial charge >= 0.3 is 0 Å². The third kappa shape index (κ3) is 5.57. The van der Waals surface area contributed by atoms with Crippen LogP contribution in [0.3, 0.4) is 0 Å². The monoisotopic (exact) mass is 176 g/mol. The summed E-state index contributed by atoms with van der Waals surface area (Å²) in [6.07, 6.45) is 0. The van der Waals surface area contributed by atoms with Gasteiger partial charge in [-0.15, -0.1) is 0 Å². The molecule has 0 spiro atoms. The summed E-state index contributed by atoms with van der Waals surface area (Å²) in [4.78, 5) is 0. The second-order valence-corrected chi connectivity index (χ2v) is 5.18. The molecule has 0 saturated heterocycles. The molecule has 0 heterocycles. The Morgan fingerprint density at radius 2 is 1.73 bits per heavy atom. The van der Waals surface area contributed by atoms with Crippen molar-refractivity contribution in [3.05, 3.63) is 0 Å². The van der Waals surface area contributed by atoms with E-state index in [0.717, 1.165) is 5.75 Å². The van der Waals surface area contributed by atoms with Crippen LogP contribution >= 0.6 is 11.8 Å². The Labute approximate surface area is 74.6 Å². The molecule has 0 fully saturated rings. The second kappa shape index (κ2) is 5.90. The van der Waals surface area contributed by atoms with Crippen molar-refractivity contribution in [2.75, 3.05) is 12.4 Å². The molecule has 0 radical (unpaired) electrons. The fraction of sp³-hybridized carbons (Fsp3) is 1.00. The van der Waals surface area contributed by atoms with Crippen LogP contribution in [0.15, 0.2) is 0 Å². The third-order valence-electron chi connectivity index (χ3n) is 1.82. The van der Waals surface area contributed by atoms with E-state index in [9.17, 15) is 0 Å². The Morgan fingerprint density at radius 3 is 2.00 bits per heavy atom. The average molecular weight is 176 g/mol. The molecule has 1 nitrogen and oxygen atoms in total. The molecular weight excluding hydrogens is 156 g/mol. The first-order chi connectivity index (χ1) is 5.07. The van der Waals surface area contributed by atoms with Crippen LogP contribution < -0.4 is 0 Å². The van der Waals surface area contributed by atoms with E-state index in [4.69, 9.17) is 5.11 Å². The van der Waals surface area contributed by atoms with Crippen LogP contribution in [0.2, 0.25) is 0 Å². The lowest BCUT2D eigenvalue weighted by molar-refractivity contribution is 0.206. The highest BCUT2D eigenvalue weighted by Crippen LogP contribution is 2.19. The van der Waals surface area contributed by atoms with Gasteiger partial charge in [-0.1, -0.05) is 27.7 Å². The van der Waals surface area contributed by atoms with Crippen molar-refractivity contribution in [2.24, 2.45) is 11.8 Å². The molecule has 0 saturated carbocycles. The van der Waals surface area contributed by atoms with Crippen LogP contribution in [-0.2, 0) is 0 Å². The molecule has 2 heteroatoms. The van der Waals surface area contributed by atoms with E-state index >= 15 is 0 Å². The van der Waals surface area contributed by atoms with Crippen molar-refractivity contribution in [1.29, 1.82) is 0 Å². The van der Waals surface area contributed by atoms with Gasteiger partial charge in [0.25, 0.3) is 0 Å². The van der Waals surface area contributed by atoms with Gasteiger partial charge in [0, 0.05) is 6.61 Å². The number of aliphatic hydroxyl groups is 1. The first kappa shape index (κ1) is 11.3. The number of rotatable bonds is 5. The minimum absolute atomic E-state index is 0.331. The molecule has 0 bridgehead atoms. The summed E-state index contributed by atoms with van der Waals surface area (Å²) >= 11 is 1.93. The predicted octanol–water partition coefficient (Wildman–Crippen LogP) is 2.39. The Kier molecular flexibility index (Phi) is 6.06. The van der Waals surface area contributed by atoms with Crippen molar-refractivity contribution >= 4 is 11.8 Å². The molecule has 11 heavy (non-hydrogen) atoms. The maximum absolute atomic E-state index is 9.00. The van der Waals surface area contributed by atoms with Crippen molar-refractivity contribution in [3.63, 3.8) is 0 Å². The summed E-state index contributed by atoms with van der Waals surface area (Å²) in [6.45, 7) is 9.06. The Hall–Kier alpha value is 0.310. The summed E-state index contributed by atoms with van der Waals surface area (Å²) in [6, 6.07) is 0. The van der Waals surface area contributed by atoms with Gasteiger partial charge in [-0.2, -0.15) is 11.8 Å². The number of hydrogen-bond donors (Lipinski definition) is 1. The highest BCUT2D eigenvalue weighted by Gasteiger charge is 2.12. The lowest BCUT2D eigenvalue weighted by Crippen LogP contribution is -2.16. The van der Waals surface area contributed by atoms with E-state index in [1.807, 2.05) is 11.8 Å². The fourth-order valence-electron chi connectivity index (χ4n) is 0.772. The molecule has 0 aliphatic rings. The third-order valence-corrected chi connectivity index (χ3v) is 3.11. The standard InChI is InChI=1S/C9H20OS/c1-7(2)9(5-10)6-11-8(3)4/h7-10H,5-6H2,1-4H3. The minimum atomic E-state index is 0.331. The summed E-state index contributed by atoms with van der Waals surface area (Å²) in [5, 5.41) is 9.68. The summed E-state index contributed by atoms with van der Waals surface area (Å²) < 4.78 is 0. The SMILES string of the molecule is CC(C)SCC(CO)C(C)C. The van der Waals surface area contributed by atoms with Crippen LogP contribution in [0.1, 0.15) is 27.7 Å². The molecule has 0 aromatic heterocycles. The summed E-state index contributed by atoms with van der Waals surface area (Å²) in [5.41, 5.74) is 0. The molecular formula is C9H20OS. The van der Waals surface area contributed by atoms with Gasteiger partial charge in [0.05, 0.1) is 0 Å². The normalized spacial score (nSPS) is 14.5. The molecule has 0 aliphatic heterocycles. The Morgan fingerprint density at radius 1 is 1.18 bits per heavy atom. The van der Waals surface area contributed by atoms with Gasteiger partial charge in [0.1, 0.15) is 0 Å². The molecule has 68 valence electrons. The summed E-state index contributed by atoms with van der Waals surface area (Å²) in [7, 11) is 0. The van der Waals surface area contributed by atoms with E-state index < -0.39 is 0 Å². The zero-order valence-electron chi connectivity index (χ0n) is 8.00. The molecule has 0 rings (SSSR count). The number of aliphatic hydroxyl groups excluding tert-OH is 1. The molecule has 1 unspecified atom stereocenters. The van der Waals surface area contributed by atoms with E-state index in [-0.39, 0.29) is 0 Å². The predicted molar refractivity (Wildman–Crippen MR) is 53.0 cm³/mol. The van der Waals surface area contributed by atoms with Gasteiger partial charge in [-0.25, -0.2) is 0 Å². The fourth-order valence-corrected chi connectivity index (χ4v) is 1.89. The topological polar surface area (TPSA) is 20.2 Å². The molecule has 1 N–H and O–H groups in total. The first-order valence-corrected chi connectivity index (χ1v) is 5.35. The van der Waals surface area contributed by atoms with Gasteiger partial charge in [-0.05, 0) is 22.8 Å². The van der Waals surface area contributed by atoms with Crippen LogP contribution in [0.5, 0.6) is 0 Å². The lowest BCUT2D eigenvalue weighted by atomic mass is 9.99. The van der Waals surface area contributed by atoms with Crippen LogP contribution in [0, 0.1) is 11.8 Å². The zero-order chi connectivity index (χ0) is 8.85. The molecule has 0 aliphatic carbocycles. The smallest absolute Gasteiger partial charge is 0.0469 e. The average Bonchev–Trinajstić information content (AvgIpc) is 1.87. The van der Waals surface area contributed by atoms with E-state index in [1.165, 1.54) is 0 Å². The largest absolute Gasteiger partial charge is 0.396 e. The van der Waals surface area contributed by atoms with Crippen molar-refractivity contribution in [1.82, 2.24) is 0 Å². The van der Waals surface area contributed by atoms with Crippen molar-refractivity contribution < 1.29 is 5.11 Å². The van der Waals surface area contributed by atoms with E-state index in [0.29, 0.717) is 23.7 Å². The summed E-state index contributed by atoms with van der Waals surface area (Å²) in [5.74, 6) is 2.17. The van der Waals surface area contributed by atoms with Gasteiger partial charge < -0.3 is 5.11 Å². The van der Waals surface area contributed by atoms with E-state index in [2.05, 4.69) is 27.7 Å². The highest BCUT2D eigenvalue weighted by molar-refractivity contribution is 7.99. The highest BCUT2D eigenvalue weighted by atomic mass is 32.2. The Bertz CT molecular complexity index is 91.6. The second-order valence-electron chi connectivity index (χ2n) is 3.57. The first-order valence-electron chi connectivity index (χ1n) is 4.30. The molecule has 0 aromatic carbocycles. The van der Waals surface area contributed by atoms with Crippen LogP contribution in [-0.4, -0.2) is 22.7 Å². The maximum Gasteiger partial charge on any atom is 0.0469 e. The van der Waals surface area contributed by atoms with Crippen molar-refractivity contribution in [3.8, 4) is 0 Å². The van der Waals surface area contributed by atoms with Crippen LogP contribution in [0.4, 0.5) is 0 Å². The van der Waals surface area contributed by atoms with Crippen LogP contribution in [0.25, 0.3) is 0 Å². The number of thioether (sulfide) groups is 1. The zero-order valence-corrected chi connectivity index (χ0v) is 8.82. The lowest BCUT2D eigenvalue weighted by Gasteiger charge is -2.18.